The van der Waals surface area contributed by atoms with Crippen LogP contribution in [0, 0.1) is 5.92 Å². The molecule has 2 heterocycles. The highest BCUT2D eigenvalue weighted by Crippen LogP contribution is 2.51. The summed E-state index contributed by atoms with van der Waals surface area (Å²) >= 11 is 6.09. The van der Waals surface area contributed by atoms with Gasteiger partial charge >= 0.3 is 12.4 Å². The summed E-state index contributed by atoms with van der Waals surface area (Å²) in [7, 11) is 1.94. The van der Waals surface area contributed by atoms with Crippen molar-refractivity contribution in [3.8, 4) is 0 Å². The van der Waals surface area contributed by atoms with E-state index >= 15 is 4.39 Å². The van der Waals surface area contributed by atoms with Gasteiger partial charge in [-0.25, -0.2) is 4.39 Å². The zero-order valence-corrected chi connectivity index (χ0v) is 45.0. The fraction of sp³-hybridized carbons (Fsp3) is 0.544. The molecule has 2 aliphatic heterocycles. The Morgan fingerprint density at radius 1 is 0.731 bits per heavy atom. The minimum atomic E-state index is -4.57. The summed E-state index contributed by atoms with van der Waals surface area (Å²) in [6, 6.07) is 13.6. The number of amides is 4. The molecule has 424 valence electrons. The zero-order valence-electron chi connectivity index (χ0n) is 44.3. The molecule has 21 heteroatoms. The first-order valence-corrected chi connectivity index (χ1v) is 27.2. The number of carbonyl (C=O) groups excluding carboxylic acids is 4. The van der Waals surface area contributed by atoms with E-state index in [1.165, 1.54) is 5.56 Å². The van der Waals surface area contributed by atoms with Gasteiger partial charge in [0.15, 0.2) is 0 Å². The van der Waals surface area contributed by atoms with Gasteiger partial charge in [-0.1, -0.05) is 29.8 Å². The standard InChI is InChI=1S/C57H70ClF7N8O5/c1-54(59)20-19-44(45-32-48(45)66-22-31-78-36-49(53(77)72-27-23-70(3)24-28-72)69-51(75)39-9-15-42(16-10-39)57(63,64)65)40(33-54)35-71-25-29-73(30-26-71)52(76)47(68-50(74)38-7-13-41(14-8-38)56(60,61)62)6-4-5-21-67-55(2)34-46(55)37-11-17-43(58)18-12-37/h7-19,33,45-49,66-67H,4-6,20-32,34-36H2,1-3H3,(H,68,74)(H,69,75)/t45-,46-,47-,48?,49-,54?,55?/m0/s1. The van der Waals surface area contributed by atoms with Crippen molar-refractivity contribution in [3.05, 3.63) is 129 Å². The Bertz CT molecular complexity index is 2640. The number of hydrogen-bond donors (Lipinski definition) is 4. The number of alkyl halides is 7. The van der Waals surface area contributed by atoms with Crippen molar-refractivity contribution in [1.82, 2.24) is 40.9 Å². The van der Waals surface area contributed by atoms with Crippen LogP contribution < -0.4 is 21.3 Å². The Morgan fingerprint density at radius 3 is 1.86 bits per heavy atom. The van der Waals surface area contributed by atoms with E-state index in [2.05, 4.69) is 38.0 Å². The third-order valence-electron chi connectivity index (χ3n) is 15.7. The molecule has 5 aliphatic rings. The van der Waals surface area contributed by atoms with Crippen LogP contribution in [0.1, 0.15) is 95.7 Å². The second-order valence-corrected chi connectivity index (χ2v) is 22.3. The predicted octanol–water partition coefficient (Wildman–Crippen LogP) is 7.88. The number of unbranched alkanes of at least 4 members (excludes halogenated alkanes) is 1. The zero-order chi connectivity index (χ0) is 56.0. The molecular formula is C57H70ClF7N8O5. The number of likely N-dealkylation sites (N-methyl/N-ethyl adjacent to an activating group) is 1. The van der Waals surface area contributed by atoms with Crippen molar-refractivity contribution in [3.63, 3.8) is 0 Å². The third kappa shape index (κ3) is 15.7. The molecule has 13 nitrogen and oxygen atoms in total. The minimum Gasteiger partial charge on any atom is -0.377 e. The predicted molar refractivity (Wildman–Crippen MR) is 283 cm³/mol. The van der Waals surface area contributed by atoms with Gasteiger partial charge in [0.25, 0.3) is 11.8 Å². The van der Waals surface area contributed by atoms with Gasteiger partial charge in [-0.15, -0.1) is 0 Å². The molecule has 3 unspecified atom stereocenters. The number of carbonyl (C=O) groups is 4. The monoisotopic (exact) mass is 1110 g/mol. The number of allylic oxidation sites excluding steroid dienone is 2. The molecule has 0 radical (unpaired) electrons. The Labute approximate surface area is 456 Å². The number of benzene rings is 3. The molecule has 7 atom stereocenters. The fourth-order valence-electron chi connectivity index (χ4n) is 10.7. The van der Waals surface area contributed by atoms with Gasteiger partial charge < -0.3 is 40.7 Å². The molecule has 3 aromatic rings. The number of hydrogen-bond acceptors (Lipinski definition) is 9. The average molecular weight is 1120 g/mol. The van der Waals surface area contributed by atoms with Crippen LogP contribution in [-0.2, 0) is 26.7 Å². The van der Waals surface area contributed by atoms with Crippen LogP contribution in [0.5, 0.6) is 0 Å². The SMILES string of the molecule is CN1CCN(C(=O)[C@H](COCCNC2C[C@H]2C2=CCC(C)(F)C=C2CN2CCN(C(=O)[C@H](CCCCNC3(C)C[C@H]3c3ccc(Cl)cc3)NC(=O)c3ccc(C(F)(F)F)cc3)CC2)NC(=O)c2ccc(C(F)(F)F)cc2)CC1. The van der Waals surface area contributed by atoms with E-state index in [0.29, 0.717) is 95.8 Å². The number of halogens is 8. The van der Waals surface area contributed by atoms with E-state index in [9.17, 15) is 45.5 Å². The van der Waals surface area contributed by atoms with Gasteiger partial charge in [0.1, 0.15) is 17.8 Å². The molecule has 8 rings (SSSR count). The lowest BCUT2D eigenvalue weighted by Gasteiger charge is -2.38. The Balaban J connectivity index is 0.813. The molecule has 0 bridgehead atoms. The topological polar surface area (TPSA) is 139 Å². The lowest BCUT2D eigenvalue weighted by Crippen LogP contribution is -2.55. The van der Waals surface area contributed by atoms with E-state index in [0.717, 1.165) is 78.9 Å². The Kier molecular flexibility index (Phi) is 18.8. The van der Waals surface area contributed by atoms with Crippen LogP contribution in [0.25, 0.3) is 0 Å². The van der Waals surface area contributed by atoms with E-state index in [4.69, 9.17) is 16.3 Å². The van der Waals surface area contributed by atoms with Crippen molar-refractivity contribution in [2.24, 2.45) is 5.92 Å². The number of piperazine rings is 2. The molecule has 4 fully saturated rings. The second-order valence-electron chi connectivity index (χ2n) is 21.9. The smallest absolute Gasteiger partial charge is 0.377 e. The summed E-state index contributed by atoms with van der Waals surface area (Å²) in [6.07, 6.45) is -1.82. The van der Waals surface area contributed by atoms with Gasteiger partial charge in [-0.05, 0) is 143 Å². The summed E-state index contributed by atoms with van der Waals surface area (Å²) in [5, 5.41) is 13.3. The lowest BCUT2D eigenvalue weighted by molar-refractivity contribution is -0.138. The van der Waals surface area contributed by atoms with Crippen molar-refractivity contribution in [2.75, 3.05) is 92.3 Å². The molecule has 78 heavy (non-hydrogen) atoms. The first-order valence-electron chi connectivity index (χ1n) is 26.8. The molecule has 4 N–H and O–H groups in total. The third-order valence-corrected chi connectivity index (χ3v) is 16.0. The summed E-state index contributed by atoms with van der Waals surface area (Å²) in [5.41, 5.74) is -0.265. The van der Waals surface area contributed by atoms with Gasteiger partial charge in [0, 0.05) is 111 Å². The first-order chi connectivity index (χ1) is 37.0. The maximum absolute atomic E-state index is 15.7. The number of ether oxygens (including phenoxy) is 1. The maximum atomic E-state index is 15.7. The highest BCUT2D eigenvalue weighted by atomic mass is 35.5. The molecule has 0 aromatic heterocycles. The Hall–Kier alpha value is -5.38. The normalized spacial score (nSPS) is 24.7. The summed E-state index contributed by atoms with van der Waals surface area (Å²) in [6.45, 7) is 9.20. The highest BCUT2D eigenvalue weighted by Gasteiger charge is 2.50. The maximum Gasteiger partial charge on any atom is 0.416 e. The first kappa shape index (κ1) is 58.8. The molecule has 4 amide bonds. The van der Waals surface area contributed by atoms with Crippen LogP contribution in [0.15, 0.2) is 96.1 Å². The summed E-state index contributed by atoms with van der Waals surface area (Å²) < 4.78 is 101. The van der Waals surface area contributed by atoms with Gasteiger partial charge in [-0.2, -0.15) is 26.3 Å². The highest BCUT2D eigenvalue weighted by molar-refractivity contribution is 6.30. The quantitative estimate of drug-likeness (QED) is 0.0585. The number of nitrogens with zero attached hydrogens (tertiary/aromatic N) is 4. The molecule has 2 saturated carbocycles. The molecular weight excluding hydrogens is 1050 g/mol. The minimum absolute atomic E-state index is 0.0116. The van der Waals surface area contributed by atoms with Crippen LogP contribution >= 0.6 is 11.6 Å². The van der Waals surface area contributed by atoms with Gasteiger partial charge in [0.2, 0.25) is 11.8 Å². The largest absolute Gasteiger partial charge is 0.416 e. The van der Waals surface area contributed by atoms with E-state index in [-0.39, 0.29) is 60.1 Å². The Morgan fingerprint density at radius 2 is 1.28 bits per heavy atom. The van der Waals surface area contributed by atoms with Gasteiger partial charge in [0.05, 0.1) is 24.3 Å². The molecule has 0 spiro atoms. The summed E-state index contributed by atoms with van der Waals surface area (Å²) in [4.78, 5) is 62.1. The molecule has 2 saturated heterocycles. The van der Waals surface area contributed by atoms with Crippen LogP contribution in [-0.4, -0.2) is 165 Å². The van der Waals surface area contributed by atoms with Gasteiger partial charge in [-0.3, -0.25) is 24.1 Å². The molecule has 3 aliphatic carbocycles. The van der Waals surface area contributed by atoms with Crippen LogP contribution in [0.2, 0.25) is 5.02 Å². The van der Waals surface area contributed by atoms with E-state index in [1.54, 1.807) is 22.8 Å². The number of nitrogens with one attached hydrogen (secondary N) is 4. The van der Waals surface area contributed by atoms with Crippen LogP contribution in [0.3, 0.4) is 0 Å². The lowest BCUT2D eigenvalue weighted by atomic mass is 9.86. The number of rotatable bonds is 22. The second kappa shape index (κ2) is 25.0. The fourth-order valence-corrected chi connectivity index (χ4v) is 10.8. The van der Waals surface area contributed by atoms with Crippen molar-refractivity contribution in [2.45, 2.75) is 100.0 Å². The molecule has 3 aromatic carbocycles. The van der Waals surface area contributed by atoms with E-state index in [1.807, 2.05) is 37.4 Å². The van der Waals surface area contributed by atoms with Crippen molar-refractivity contribution >= 4 is 35.2 Å². The van der Waals surface area contributed by atoms with Crippen molar-refractivity contribution in [1.29, 1.82) is 0 Å². The van der Waals surface area contributed by atoms with E-state index < -0.39 is 53.0 Å². The summed E-state index contributed by atoms with van der Waals surface area (Å²) in [5.74, 6) is -1.49. The van der Waals surface area contributed by atoms with Crippen molar-refractivity contribution < 1.29 is 54.6 Å². The average Bonchev–Trinajstić information content (AvgIpc) is 4.36. The van der Waals surface area contributed by atoms with Crippen LogP contribution in [0.4, 0.5) is 30.7 Å².